The highest BCUT2D eigenvalue weighted by Crippen LogP contribution is 2.23. The molecule has 0 saturated carbocycles. The second-order valence-electron chi connectivity index (χ2n) is 5.51. The molecule has 0 bridgehead atoms. The van der Waals surface area contributed by atoms with Crippen LogP contribution in [0.5, 0.6) is 0 Å². The van der Waals surface area contributed by atoms with Crippen LogP contribution in [0.15, 0.2) is 34.7 Å². The highest BCUT2D eigenvalue weighted by molar-refractivity contribution is 7.90. The van der Waals surface area contributed by atoms with Crippen LogP contribution >= 0.6 is 0 Å². The molecule has 0 spiro atoms. The summed E-state index contributed by atoms with van der Waals surface area (Å²) in [5, 5.41) is 4.41. The van der Waals surface area contributed by atoms with E-state index >= 15 is 0 Å². The molecule has 2 aromatic rings. The van der Waals surface area contributed by atoms with Gasteiger partial charge < -0.3 is 9.73 Å². The van der Waals surface area contributed by atoms with Crippen LogP contribution in [-0.4, -0.2) is 27.0 Å². The Morgan fingerprint density at radius 1 is 1.25 bits per heavy atom. The lowest BCUT2D eigenvalue weighted by atomic mass is 10.2. The topological polar surface area (TPSA) is 59.3 Å². The molecule has 0 radical (unpaired) electrons. The Labute approximate surface area is 120 Å². The Hall–Kier alpha value is -1.33. The first kappa shape index (κ1) is 15.1. The fourth-order valence-electron chi connectivity index (χ4n) is 2.27. The number of sulfone groups is 1. The number of furan rings is 1. The van der Waals surface area contributed by atoms with Crippen molar-refractivity contribution in [2.75, 3.05) is 18.6 Å². The zero-order chi connectivity index (χ0) is 14.8. The van der Waals surface area contributed by atoms with Crippen LogP contribution in [0, 0.1) is 5.92 Å². The van der Waals surface area contributed by atoms with Crippen molar-refractivity contribution in [2.24, 2.45) is 5.92 Å². The molecule has 0 fully saturated rings. The molecular formula is C15H21NO3S. The maximum absolute atomic E-state index is 11.2. The highest BCUT2D eigenvalue weighted by atomic mass is 32.2. The molecule has 0 amide bonds. The first-order valence-corrected chi connectivity index (χ1v) is 8.81. The van der Waals surface area contributed by atoms with E-state index in [-0.39, 0.29) is 17.7 Å². The summed E-state index contributed by atoms with van der Waals surface area (Å²) in [4.78, 5) is 0. The maximum Gasteiger partial charge on any atom is 0.147 e. The third-order valence-corrected chi connectivity index (χ3v) is 4.41. The lowest BCUT2D eigenvalue weighted by Crippen LogP contribution is -2.28. The second-order valence-corrected chi connectivity index (χ2v) is 7.70. The van der Waals surface area contributed by atoms with Gasteiger partial charge >= 0.3 is 0 Å². The van der Waals surface area contributed by atoms with Crippen LogP contribution in [0.3, 0.4) is 0 Å². The Morgan fingerprint density at radius 3 is 2.60 bits per heavy atom. The smallest absolute Gasteiger partial charge is 0.147 e. The molecule has 20 heavy (non-hydrogen) atoms. The standard InChI is InChI=1S/C15H21NO3S/c1-11(10-20(3,17)18)9-16-12(2)15-8-13-6-4-5-7-14(13)19-15/h4-8,11-12,16H,9-10H2,1-3H3. The molecule has 1 aromatic heterocycles. The van der Waals surface area contributed by atoms with Crippen LogP contribution in [-0.2, 0) is 9.84 Å². The van der Waals surface area contributed by atoms with Gasteiger partial charge in [-0.15, -0.1) is 0 Å². The average Bonchev–Trinajstić information content (AvgIpc) is 2.77. The lowest BCUT2D eigenvalue weighted by Gasteiger charge is -2.15. The van der Waals surface area contributed by atoms with Gasteiger partial charge in [0.1, 0.15) is 21.2 Å². The van der Waals surface area contributed by atoms with Gasteiger partial charge in [0.2, 0.25) is 0 Å². The van der Waals surface area contributed by atoms with Crippen molar-refractivity contribution >= 4 is 20.8 Å². The molecule has 0 aliphatic heterocycles. The molecule has 2 unspecified atom stereocenters. The van der Waals surface area contributed by atoms with Crippen LogP contribution in [0.25, 0.3) is 11.0 Å². The summed E-state index contributed by atoms with van der Waals surface area (Å²) in [6.45, 7) is 4.59. The number of hydrogen-bond acceptors (Lipinski definition) is 4. The monoisotopic (exact) mass is 295 g/mol. The predicted octanol–water partition coefficient (Wildman–Crippen LogP) is 2.76. The molecule has 5 heteroatoms. The summed E-state index contributed by atoms with van der Waals surface area (Å²) in [6.07, 6.45) is 1.27. The Balaban J connectivity index is 1.96. The van der Waals surface area contributed by atoms with Gasteiger partial charge in [0.05, 0.1) is 11.8 Å². The molecule has 2 rings (SSSR count). The van der Waals surface area contributed by atoms with Crippen LogP contribution in [0.4, 0.5) is 0 Å². The van der Waals surface area contributed by atoms with Crippen molar-refractivity contribution in [3.8, 4) is 0 Å². The minimum Gasteiger partial charge on any atom is -0.459 e. The van der Waals surface area contributed by atoms with E-state index in [1.807, 2.05) is 44.2 Å². The first-order chi connectivity index (χ1) is 9.35. The van der Waals surface area contributed by atoms with Crippen molar-refractivity contribution in [3.63, 3.8) is 0 Å². The summed E-state index contributed by atoms with van der Waals surface area (Å²) in [5.41, 5.74) is 0.875. The SMILES string of the molecule is CC(CNC(C)c1cc2ccccc2o1)CS(C)(=O)=O. The van der Waals surface area contributed by atoms with Gasteiger partial charge in [-0.2, -0.15) is 0 Å². The maximum atomic E-state index is 11.2. The third-order valence-electron chi connectivity index (χ3n) is 3.23. The zero-order valence-corrected chi connectivity index (χ0v) is 12.9. The summed E-state index contributed by atoms with van der Waals surface area (Å²) in [5.74, 6) is 1.15. The third kappa shape index (κ3) is 4.08. The molecule has 1 N–H and O–H groups in total. The van der Waals surface area contributed by atoms with Crippen LogP contribution in [0.1, 0.15) is 25.6 Å². The van der Waals surface area contributed by atoms with E-state index in [1.165, 1.54) is 6.26 Å². The quantitative estimate of drug-likeness (QED) is 0.890. The van der Waals surface area contributed by atoms with Crippen molar-refractivity contribution in [1.82, 2.24) is 5.32 Å². The summed E-state index contributed by atoms with van der Waals surface area (Å²) >= 11 is 0. The minimum absolute atomic E-state index is 0.0596. The number of para-hydroxylation sites is 1. The minimum atomic E-state index is -2.92. The van der Waals surface area contributed by atoms with Crippen molar-refractivity contribution in [1.29, 1.82) is 0 Å². The highest BCUT2D eigenvalue weighted by Gasteiger charge is 2.14. The van der Waals surface area contributed by atoms with Crippen molar-refractivity contribution in [3.05, 3.63) is 36.1 Å². The molecule has 2 atom stereocenters. The second kappa shape index (κ2) is 5.97. The number of benzene rings is 1. The Kier molecular flexibility index (Phi) is 4.50. The zero-order valence-electron chi connectivity index (χ0n) is 12.1. The molecule has 1 aromatic carbocycles. The molecular weight excluding hydrogens is 274 g/mol. The summed E-state index contributed by atoms with van der Waals surface area (Å²) in [7, 11) is -2.92. The van der Waals surface area contributed by atoms with Crippen molar-refractivity contribution < 1.29 is 12.8 Å². The van der Waals surface area contributed by atoms with Gasteiger partial charge in [-0.1, -0.05) is 25.1 Å². The largest absolute Gasteiger partial charge is 0.459 e. The number of hydrogen-bond donors (Lipinski definition) is 1. The van der Waals surface area contributed by atoms with Crippen molar-refractivity contribution in [2.45, 2.75) is 19.9 Å². The van der Waals surface area contributed by atoms with Gasteiger partial charge in [-0.05, 0) is 31.5 Å². The van der Waals surface area contributed by atoms with Gasteiger partial charge in [-0.3, -0.25) is 0 Å². The van der Waals surface area contributed by atoms with E-state index in [4.69, 9.17) is 4.42 Å². The predicted molar refractivity (Wildman–Crippen MR) is 81.5 cm³/mol. The molecule has 0 aliphatic carbocycles. The molecule has 1 heterocycles. The Bertz CT molecular complexity index is 642. The van der Waals surface area contributed by atoms with E-state index in [1.54, 1.807) is 0 Å². The van der Waals surface area contributed by atoms with Gasteiger partial charge in [0.25, 0.3) is 0 Å². The first-order valence-electron chi connectivity index (χ1n) is 6.75. The van der Waals surface area contributed by atoms with Crippen LogP contribution in [0.2, 0.25) is 0 Å². The van der Waals surface area contributed by atoms with Gasteiger partial charge in [-0.25, -0.2) is 8.42 Å². The van der Waals surface area contributed by atoms with Crippen LogP contribution < -0.4 is 5.32 Å². The van der Waals surface area contributed by atoms with E-state index in [0.717, 1.165) is 16.7 Å². The van der Waals surface area contributed by atoms with E-state index in [9.17, 15) is 8.42 Å². The number of fused-ring (bicyclic) bond motifs is 1. The fourth-order valence-corrected chi connectivity index (χ4v) is 3.42. The Morgan fingerprint density at radius 2 is 1.95 bits per heavy atom. The van der Waals surface area contributed by atoms with Gasteiger partial charge in [0, 0.05) is 11.6 Å². The average molecular weight is 295 g/mol. The molecule has 0 aliphatic rings. The van der Waals surface area contributed by atoms with E-state index < -0.39 is 9.84 Å². The fraction of sp³-hybridized carbons (Fsp3) is 0.467. The molecule has 4 nitrogen and oxygen atoms in total. The van der Waals surface area contributed by atoms with Gasteiger partial charge in [0.15, 0.2) is 0 Å². The summed E-state index contributed by atoms with van der Waals surface area (Å²) in [6, 6.07) is 9.97. The lowest BCUT2D eigenvalue weighted by molar-refractivity contribution is 0.426. The van der Waals surface area contributed by atoms with E-state index in [0.29, 0.717) is 6.54 Å². The number of nitrogens with one attached hydrogen (secondary N) is 1. The normalized spacial score (nSPS) is 15.3. The van der Waals surface area contributed by atoms with E-state index in [2.05, 4.69) is 5.32 Å². The molecule has 110 valence electrons. The summed E-state index contributed by atoms with van der Waals surface area (Å²) < 4.78 is 28.2. The molecule has 0 saturated heterocycles. The number of rotatable bonds is 6.